The lowest BCUT2D eigenvalue weighted by Crippen LogP contribution is -2.35. The summed E-state index contributed by atoms with van der Waals surface area (Å²) in [4.78, 5) is 0. The quantitative estimate of drug-likeness (QED) is 0.295. The van der Waals surface area contributed by atoms with Gasteiger partial charge in [-0.25, -0.2) is 0 Å². The summed E-state index contributed by atoms with van der Waals surface area (Å²) in [7, 11) is 3.38. The van der Waals surface area contributed by atoms with Crippen molar-refractivity contribution in [3.8, 4) is 0 Å². The summed E-state index contributed by atoms with van der Waals surface area (Å²) in [6, 6.07) is 0. The molecule has 0 N–H and O–H groups in total. The second-order valence-electron chi connectivity index (χ2n) is 4.39. The van der Waals surface area contributed by atoms with Crippen LogP contribution in [0.25, 0.3) is 0 Å². The van der Waals surface area contributed by atoms with Crippen LogP contribution in [0, 0.1) is 0 Å². The Kier molecular flexibility index (Phi) is 12.1. The van der Waals surface area contributed by atoms with Crippen LogP contribution in [-0.4, -0.2) is 15.8 Å². The van der Waals surface area contributed by atoms with E-state index in [0.29, 0.717) is 0 Å². The van der Waals surface area contributed by atoms with Gasteiger partial charge in [0.25, 0.3) is 0 Å². The van der Waals surface area contributed by atoms with Crippen LogP contribution in [-0.2, 0) is 14.2 Å². The van der Waals surface area contributed by atoms with Crippen LogP contribution < -0.4 is 0 Å². The highest BCUT2D eigenvalue weighted by Crippen LogP contribution is 2.14. The van der Waals surface area contributed by atoms with Gasteiger partial charge in [0, 0.05) is 0 Å². The summed E-state index contributed by atoms with van der Waals surface area (Å²) in [5, 5.41) is 0. The van der Waals surface area contributed by atoms with Crippen molar-refractivity contribution in [2.24, 2.45) is 0 Å². The van der Waals surface area contributed by atoms with Crippen LogP contribution in [0.1, 0.15) is 59.3 Å². The lowest BCUT2D eigenvalue weighted by atomic mass is 10.3. The molecule has 0 heterocycles. The monoisotopic (exact) mass is 295 g/mol. The molecule has 0 aliphatic heterocycles. The summed E-state index contributed by atoms with van der Waals surface area (Å²) in [6.45, 7) is 6.33. The fourth-order valence-corrected chi connectivity index (χ4v) is 1.40. The first-order valence-electron chi connectivity index (χ1n) is 7.42. The van der Waals surface area contributed by atoms with E-state index in [1.165, 1.54) is 0 Å². The summed E-state index contributed by atoms with van der Waals surface area (Å²) in [5.74, 6) is 0. The van der Waals surface area contributed by atoms with Gasteiger partial charge in [0.05, 0.1) is 18.8 Å². The predicted octanol–water partition coefficient (Wildman–Crippen LogP) is 4.76. The number of rotatable bonds is 12. The van der Waals surface area contributed by atoms with Crippen molar-refractivity contribution in [1.29, 1.82) is 0 Å². The van der Waals surface area contributed by atoms with Crippen LogP contribution in [0.5, 0.6) is 0 Å². The maximum Gasteiger partial charge on any atom is 0.370 e. The minimum Gasteiger partial charge on any atom is -0.434 e. The van der Waals surface area contributed by atoms with Crippen LogP contribution >= 0.6 is 0 Å². The molecule has 0 saturated heterocycles. The maximum atomic E-state index is 5.48. The van der Waals surface area contributed by atoms with Gasteiger partial charge in [0.2, 0.25) is 10.2 Å². The first-order valence-corrected chi connectivity index (χ1v) is 7.92. The second kappa shape index (κ2) is 12.8. The lowest BCUT2D eigenvalue weighted by molar-refractivity contribution is -0.254. The normalized spacial score (nSPS) is 15.0. The van der Waals surface area contributed by atoms with Crippen molar-refractivity contribution in [2.75, 3.05) is 0 Å². The molecule has 0 atom stereocenters. The minimum atomic E-state index is -1.31. The van der Waals surface area contributed by atoms with Crippen molar-refractivity contribution in [3.63, 3.8) is 0 Å². The third-order valence-corrected chi connectivity index (χ3v) is 2.68. The van der Waals surface area contributed by atoms with Gasteiger partial charge >= 0.3 is 5.60 Å². The third kappa shape index (κ3) is 10.7. The van der Waals surface area contributed by atoms with Gasteiger partial charge < -0.3 is 14.2 Å². The summed E-state index contributed by atoms with van der Waals surface area (Å²) in [6.07, 6.45) is 16.7. The van der Waals surface area contributed by atoms with Gasteiger partial charge in [-0.05, 0) is 37.5 Å². The Morgan fingerprint density at radius 2 is 1.00 bits per heavy atom. The standard InChI is InChI=1S/C16H27O3Si/c1-4-7-10-13-17-16(20,18-14-11-8-5-2)19-15-12-9-6-3/h10-15H,4-9H2,1-3H3. The highest BCUT2D eigenvalue weighted by Gasteiger charge is 2.26. The zero-order valence-corrected chi connectivity index (χ0v) is 13.9. The largest absolute Gasteiger partial charge is 0.434 e. The van der Waals surface area contributed by atoms with E-state index in [9.17, 15) is 0 Å². The van der Waals surface area contributed by atoms with E-state index in [2.05, 4.69) is 31.0 Å². The van der Waals surface area contributed by atoms with E-state index < -0.39 is 5.60 Å². The number of allylic oxidation sites excluding steroid dienone is 3. The Bertz CT molecular complexity index is 253. The molecule has 0 fully saturated rings. The molecule has 0 spiro atoms. The van der Waals surface area contributed by atoms with E-state index in [0.717, 1.165) is 38.5 Å². The third-order valence-electron chi connectivity index (χ3n) is 2.32. The Balaban J connectivity index is 4.40. The predicted molar refractivity (Wildman–Crippen MR) is 83.9 cm³/mol. The average Bonchev–Trinajstić information content (AvgIpc) is 2.45. The van der Waals surface area contributed by atoms with Gasteiger partial charge in [-0.3, -0.25) is 0 Å². The maximum absolute atomic E-state index is 5.48. The molecule has 0 aliphatic carbocycles. The molecule has 3 radical (unpaired) electrons. The zero-order valence-electron chi connectivity index (χ0n) is 12.9. The molecule has 0 rings (SSSR count). The smallest absolute Gasteiger partial charge is 0.370 e. The number of unbranched alkanes of at least 4 members (excludes halogenated alkanes) is 3. The molecule has 0 aliphatic rings. The van der Waals surface area contributed by atoms with Gasteiger partial charge in [0.1, 0.15) is 0 Å². The number of hydrogen-bond acceptors (Lipinski definition) is 3. The molecule has 3 nitrogen and oxygen atoms in total. The molecular formula is C16H27O3Si. The Morgan fingerprint density at radius 1 is 0.700 bits per heavy atom. The highest BCUT2D eigenvalue weighted by molar-refractivity contribution is 6.12. The molecule has 0 aromatic heterocycles. The molecule has 0 unspecified atom stereocenters. The Morgan fingerprint density at radius 3 is 1.25 bits per heavy atom. The Hall–Kier alpha value is -1.16. The molecule has 113 valence electrons. The molecule has 0 amide bonds. The van der Waals surface area contributed by atoms with E-state index in [1.54, 1.807) is 18.8 Å². The van der Waals surface area contributed by atoms with Gasteiger partial charge in [-0.2, -0.15) is 0 Å². The molecule has 0 aromatic carbocycles. The molecule has 0 aromatic rings. The van der Waals surface area contributed by atoms with Gasteiger partial charge in [-0.15, -0.1) is 0 Å². The SMILES string of the molecule is CCCC=COC([Si])(OC=CCCC)OC=CCCC. The van der Waals surface area contributed by atoms with Crippen LogP contribution in [0.2, 0.25) is 0 Å². The van der Waals surface area contributed by atoms with E-state index in [-0.39, 0.29) is 0 Å². The van der Waals surface area contributed by atoms with Crippen LogP contribution in [0.3, 0.4) is 0 Å². The molecule has 4 heteroatoms. The molecule has 20 heavy (non-hydrogen) atoms. The van der Waals surface area contributed by atoms with Crippen LogP contribution in [0.4, 0.5) is 0 Å². The summed E-state index contributed by atoms with van der Waals surface area (Å²) in [5.41, 5.74) is -1.31. The van der Waals surface area contributed by atoms with Crippen LogP contribution in [0.15, 0.2) is 37.0 Å². The van der Waals surface area contributed by atoms with E-state index >= 15 is 0 Å². The topological polar surface area (TPSA) is 27.7 Å². The molecule has 0 saturated carbocycles. The van der Waals surface area contributed by atoms with Crippen molar-refractivity contribution in [1.82, 2.24) is 0 Å². The van der Waals surface area contributed by atoms with Gasteiger partial charge in [0.15, 0.2) is 0 Å². The number of ether oxygens (including phenoxy) is 3. The van der Waals surface area contributed by atoms with Crippen molar-refractivity contribution in [3.05, 3.63) is 37.0 Å². The first kappa shape index (κ1) is 18.8. The number of hydrogen-bond donors (Lipinski definition) is 0. The van der Waals surface area contributed by atoms with Crippen molar-refractivity contribution >= 4 is 10.2 Å². The zero-order chi connectivity index (χ0) is 15.1. The Labute approximate surface area is 127 Å². The minimum absolute atomic E-state index is 0.958. The van der Waals surface area contributed by atoms with E-state index in [4.69, 9.17) is 14.2 Å². The van der Waals surface area contributed by atoms with Crippen molar-refractivity contribution < 1.29 is 14.2 Å². The first-order chi connectivity index (χ1) is 9.68. The highest BCUT2D eigenvalue weighted by atomic mass is 28.1. The fraction of sp³-hybridized carbons (Fsp3) is 0.625. The summed E-state index contributed by atoms with van der Waals surface area (Å²) >= 11 is 0. The van der Waals surface area contributed by atoms with E-state index in [1.807, 2.05) is 18.2 Å². The van der Waals surface area contributed by atoms with Crippen molar-refractivity contribution in [2.45, 2.75) is 64.9 Å². The lowest BCUT2D eigenvalue weighted by Gasteiger charge is -2.26. The van der Waals surface area contributed by atoms with Gasteiger partial charge in [-0.1, -0.05) is 40.0 Å². The molecule has 0 bridgehead atoms. The average molecular weight is 295 g/mol. The summed E-state index contributed by atoms with van der Waals surface area (Å²) < 4.78 is 16.4. The molecular weight excluding hydrogens is 268 g/mol. The second-order valence-corrected chi connectivity index (χ2v) is 5.00. The fourth-order valence-electron chi connectivity index (χ4n) is 1.20.